The molecule has 3 nitrogen and oxygen atoms in total. The van der Waals surface area contributed by atoms with Crippen LogP contribution >= 0.6 is 11.3 Å². The predicted molar refractivity (Wildman–Crippen MR) is 97.5 cm³/mol. The Kier molecular flexibility index (Phi) is 5.94. The van der Waals surface area contributed by atoms with E-state index >= 15 is 0 Å². The number of hydrogen-bond donors (Lipinski definition) is 2. The number of aromatic hydroxyl groups is 1. The summed E-state index contributed by atoms with van der Waals surface area (Å²) in [6.07, 6.45) is 0.830. The van der Waals surface area contributed by atoms with E-state index in [2.05, 4.69) is 24.4 Å². The normalized spacial score (nSPS) is 9.65. The molecule has 23 heavy (non-hydrogen) atoms. The highest BCUT2D eigenvalue weighted by Gasteiger charge is 2.02. The highest BCUT2D eigenvalue weighted by molar-refractivity contribution is 7.17. The van der Waals surface area contributed by atoms with Crippen LogP contribution in [0.3, 0.4) is 0 Å². The fourth-order valence-corrected chi connectivity index (χ4v) is 2.90. The minimum atomic E-state index is 0.239. The zero-order valence-corrected chi connectivity index (χ0v) is 13.9. The molecule has 3 aromatic rings. The van der Waals surface area contributed by atoms with E-state index in [-0.39, 0.29) is 5.75 Å². The number of para-hydroxylation sites is 1. The molecule has 0 unspecified atom stereocenters. The van der Waals surface area contributed by atoms with Crippen LogP contribution in [0.2, 0.25) is 0 Å². The Labute approximate surface area is 140 Å². The fraction of sp³-hybridized carbons (Fsp3) is 0.105. The maximum absolute atomic E-state index is 10.5. The van der Waals surface area contributed by atoms with Gasteiger partial charge in [0.15, 0.2) is 6.29 Å². The zero-order chi connectivity index (χ0) is 16.7. The number of carbonyl (C=O) groups excluding carboxylic acids is 1. The maximum Gasteiger partial charge on any atom is 0.160 e. The second-order valence-corrected chi connectivity index (χ2v) is 6.05. The summed E-state index contributed by atoms with van der Waals surface area (Å²) >= 11 is 1.42. The number of aldehydes is 1. The van der Waals surface area contributed by atoms with Crippen LogP contribution in [0.15, 0.2) is 60.7 Å². The van der Waals surface area contributed by atoms with Crippen molar-refractivity contribution >= 4 is 23.3 Å². The molecule has 4 heteroatoms. The van der Waals surface area contributed by atoms with Crippen LogP contribution in [0.5, 0.6) is 5.75 Å². The van der Waals surface area contributed by atoms with Crippen molar-refractivity contribution in [2.45, 2.75) is 6.92 Å². The molecule has 0 amide bonds. The van der Waals surface area contributed by atoms with Crippen molar-refractivity contribution in [2.24, 2.45) is 0 Å². The average molecular weight is 325 g/mol. The predicted octanol–water partition coefficient (Wildman–Crippen LogP) is 4.97. The lowest BCUT2D eigenvalue weighted by Gasteiger charge is -2.01. The lowest BCUT2D eigenvalue weighted by Crippen LogP contribution is -1.89. The number of carbonyl (C=O) groups is 1. The third-order valence-electron chi connectivity index (χ3n) is 3.29. The van der Waals surface area contributed by atoms with Crippen LogP contribution in [0.1, 0.15) is 15.2 Å². The van der Waals surface area contributed by atoms with Gasteiger partial charge in [0.1, 0.15) is 5.75 Å². The molecule has 0 saturated heterocycles. The first kappa shape index (κ1) is 16.8. The molecule has 0 saturated carbocycles. The second-order valence-electron chi connectivity index (χ2n) is 4.94. The Hall–Kier alpha value is -2.59. The van der Waals surface area contributed by atoms with Gasteiger partial charge in [-0.3, -0.25) is 4.79 Å². The van der Waals surface area contributed by atoms with E-state index in [0.29, 0.717) is 4.88 Å². The number of benzene rings is 2. The van der Waals surface area contributed by atoms with E-state index in [9.17, 15) is 9.90 Å². The molecule has 0 bridgehead atoms. The first-order valence-corrected chi connectivity index (χ1v) is 8.03. The first-order chi connectivity index (χ1) is 11.1. The lowest BCUT2D eigenvalue weighted by molar-refractivity contribution is 0.112. The van der Waals surface area contributed by atoms with E-state index in [1.807, 2.05) is 31.3 Å². The molecule has 2 aromatic carbocycles. The van der Waals surface area contributed by atoms with Crippen molar-refractivity contribution in [3.8, 4) is 16.2 Å². The van der Waals surface area contributed by atoms with Crippen LogP contribution in [0.4, 0.5) is 5.69 Å². The van der Waals surface area contributed by atoms with E-state index in [1.165, 1.54) is 22.6 Å². The van der Waals surface area contributed by atoms with Gasteiger partial charge >= 0.3 is 0 Å². The molecule has 2 N–H and O–H groups in total. The molecule has 0 fully saturated rings. The number of thiophene rings is 1. The standard InChI is InChI=1S/C11H8O2S.C8H11N/c12-7-10-4-5-11(14-10)8-2-1-3-9(13)6-8;1-7-5-3-4-6-8(7)9-2/h1-7,13H;3-6,9H,1-2H3. The van der Waals surface area contributed by atoms with Crippen LogP contribution < -0.4 is 5.32 Å². The summed E-state index contributed by atoms with van der Waals surface area (Å²) in [5.41, 5.74) is 3.43. The molecule has 3 rings (SSSR count). The Morgan fingerprint density at radius 1 is 1.04 bits per heavy atom. The van der Waals surface area contributed by atoms with Gasteiger partial charge in [0.05, 0.1) is 4.88 Å². The minimum Gasteiger partial charge on any atom is -0.508 e. The Morgan fingerprint density at radius 3 is 2.39 bits per heavy atom. The maximum atomic E-state index is 10.5. The van der Waals surface area contributed by atoms with E-state index in [4.69, 9.17) is 0 Å². The molecule has 0 aliphatic carbocycles. The third-order valence-corrected chi connectivity index (χ3v) is 4.35. The Morgan fingerprint density at radius 2 is 1.83 bits per heavy atom. The van der Waals surface area contributed by atoms with Crippen molar-refractivity contribution in [2.75, 3.05) is 12.4 Å². The summed E-state index contributed by atoms with van der Waals surface area (Å²) in [5.74, 6) is 0.239. The van der Waals surface area contributed by atoms with Gasteiger partial charge in [0, 0.05) is 17.6 Å². The number of phenols is 1. The summed E-state index contributed by atoms with van der Waals surface area (Å²) in [7, 11) is 1.93. The van der Waals surface area contributed by atoms with Crippen LogP contribution in [0.25, 0.3) is 10.4 Å². The molecule has 0 aliphatic heterocycles. The molecular formula is C19H19NO2S. The Balaban J connectivity index is 0.000000185. The molecule has 0 spiro atoms. The van der Waals surface area contributed by atoms with Crippen LogP contribution in [-0.4, -0.2) is 18.4 Å². The van der Waals surface area contributed by atoms with Crippen molar-refractivity contribution in [3.05, 3.63) is 71.1 Å². The Bertz CT molecular complexity index is 780. The van der Waals surface area contributed by atoms with Crippen molar-refractivity contribution in [1.29, 1.82) is 0 Å². The molecule has 0 aliphatic rings. The monoisotopic (exact) mass is 325 g/mol. The van der Waals surface area contributed by atoms with Crippen LogP contribution in [0, 0.1) is 6.92 Å². The quantitative estimate of drug-likeness (QED) is 0.668. The number of aryl methyl sites for hydroxylation is 1. The SMILES string of the molecule is CNc1ccccc1C.O=Cc1ccc(-c2cccc(O)c2)s1. The van der Waals surface area contributed by atoms with Crippen molar-refractivity contribution < 1.29 is 9.90 Å². The summed E-state index contributed by atoms with van der Waals surface area (Å²) in [4.78, 5) is 12.2. The summed E-state index contributed by atoms with van der Waals surface area (Å²) < 4.78 is 0. The number of hydrogen-bond acceptors (Lipinski definition) is 4. The number of anilines is 1. The van der Waals surface area contributed by atoms with E-state index in [1.54, 1.807) is 24.3 Å². The largest absolute Gasteiger partial charge is 0.508 e. The highest BCUT2D eigenvalue weighted by Crippen LogP contribution is 2.29. The molecule has 1 heterocycles. The van der Waals surface area contributed by atoms with E-state index in [0.717, 1.165) is 16.7 Å². The number of phenolic OH excluding ortho intramolecular Hbond substituents is 1. The van der Waals surface area contributed by atoms with Crippen LogP contribution in [-0.2, 0) is 0 Å². The van der Waals surface area contributed by atoms with E-state index < -0.39 is 0 Å². The van der Waals surface area contributed by atoms with Gasteiger partial charge in [-0.05, 0) is 48.4 Å². The van der Waals surface area contributed by atoms with Gasteiger partial charge in [-0.25, -0.2) is 0 Å². The highest BCUT2D eigenvalue weighted by atomic mass is 32.1. The number of nitrogens with one attached hydrogen (secondary N) is 1. The van der Waals surface area contributed by atoms with Gasteiger partial charge in [0.25, 0.3) is 0 Å². The van der Waals surface area contributed by atoms with Gasteiger partial charge in [-0.15, -0.1) is 11.3 Å². The van der Waals surface area contributed by atoms with Gasteiger partial charge in [0.2, 0.25) is 0 Å². The first-order valence-electron chi connectivity index (χ1n) is 7.22. The van der Waals surface area contributed by atoms with Gasteiger partial charge in [-0.1, -0.05) is 30.3 Å². The topological polar surface area (TPSA) is 49.3 Å². The van der Waals surface area contributed by atoms with Gasteiger partial charge < -0.3 is 10.4 Å². The van der Waals surface area contributed by atoms with Gasteiger partial charge in [-0.2, -0.15) is 0 Å². The smallest absolute Gasteiger partial charge is 0.160 e. The second kappa shape index (κ2) is 8.15. The zero-order valence-electron chi connectivity index (χ0n) is 13.1. The minimum absolute atomic E-state index is 0.239. The van der Waals surface area contributed by atoms with Crippen molar-refractivity contribution in [1.82, 2.24) is 0 Å². The number of rotatable bonds is 3. The molecule has 118 valence electrons. The summed E-state index contributed by atoms with van der Waals surface area (Å²) in [5, 5.41) is 12.4. The third kappa shape index (κ3) is 4.69. The molecule has 0 atom stereocenters. The lowest BCUT2D eigenvalue weighted by atomic mass is 10.2. The molecule has 1 aromatic heterocycles. The molecular weight excluding hydrogens is 306 g/mol. The van der Waals surface area contributed by atoms with Crippen molar-refractivity contribution in [3.63, 3.8) is 0 Å². The summed E-state index contributed by atoms with van der Waals surface area (Å²) in [6, 6.07) is 18.9. The average Bonchev–Trinajstić information content (AvgIpc) is 3.05. The summed E-state index contributed by atoms with van der Waals surface area (Å²) in [6.45, 7) is 2.09. The fourth-order valence-electron chi connectivity index (χ4n) is 2.08. The molecule has 0 radical (unpaired) electrons.